The molecule has 3 nitrogen and oxygen atoms in total. The van der Waals surface area contributed by atoms with Crippen molar-refractivity contribution in [2.45, 2.75) is 78.7 Å². The zero-order chi connectivity index (χ0) is 26.6. The van der Waals surface area contributed by atoms with Crippen LogP contribution in [-0.2, 0) is 4.79 Å². The van der Waals surface area contributed by atoms with Gasteiger partial charge < -0.3 is 4.80 Å². The molecule has 2 aromatic rings. The van der Waals surface area contributed by atoms with Gasteiger partial charge in [0.2, 0.25) is 0 Å². The molecule has 0 spiro atoms. The third-order valence-electron chi connectivity index (χ3n) is 8.79. The lowest BCUT2D eigenvalue weighted by molar-refractivity contribution is -0.125. The van der Waals surface area contributed by atoms with E-state index < -0.39 is 18.8 Å². The first-order valence-electron chi connectivity index (χ1n) is 13.4. The first-order valence-corrected chi connectivity index (χ1v) is 15.3. The van der Waals surface area contributed by atoms with Crippen LogP contribution in [0.4, 0.5) is 0 Å². The highest BCUT2D eigenvalue weighted by Crippen LogP contribution is 2.52. The Morgan fingerprint density at radius 3 is 1.97 bits per heavy atom. The summed E-state index contributed by atoms with van der Waals surface area (Å²) in [6, 6.07) is 22.8. The molecule has 0 amide bonds. The van der Waals surface area contributed by atoms with E-state index in [2.05, 4.69) is 71.0 Å². The second kappa shape index (κ2) is 10.9. The van der Waals surface area contributed by atoms with Gasteiger partial charge in [-0.1, -0.05) is 114 Å². The summed E-state index contributed by atoms with van der Waals surface area (Å²) in [5, 5.41) is 11.6. The number of rotatable bonds is 10. The summed E-state index contributed by atoms with van der Waals surface area (Å²) >= 11 is 0. The molecular formula is C32H43NO2Si. The van der Waals surface area contributed by atoms with E-state index in [-0.39, 0.29) is 23.0 Å². The second-order valence-corrected chi connectivity index (χ2v) is 16.2. The average molecular weight is 502 g/mol. The Morgan fingerprint density at radius 2 is 1.50 bits per heavy atom. The van der Waals surface area contributed by atoms with Gasteiger partial charge in [-0.2, -0.15) is 5.26 Å². The first-order chi connectivity index (χ1) is 16.9. The van der Waals surface area contributed by atoms with Gasteiger partial charge in [-0.3, -0.25) is 4.79 Å². The van der Waals surface area contributed by atoms with Crippen LogP contribution >= 0.6 is 0 Å². The van der Waals surface area contributed by atoms with E-state index in [0.29, 0.717) is 6.42 Å². The highest BCUT2D eigenvalue weighted by molar-refractivity contribution is 6.98. The van der Waals surface area contributed by atoms with Crippen molar-refractivity contribution in [1.82, 2.24) is 0 Å². The number of hydrogen-bond acceptors (Lipinski definition) is 3. The molecule has 0 unspecified atom stereocenters. The van der Waals surface area contributed by atoms with Crippen LogP contribution in [0.1, 0.15) is 73.6 Å². The van der Waals surface area contributed by atoms with Crippen LogP contribution in [0.25, 0.3) is 0 Å². The van der Waals surface area contributed by atoms with Gasteiger partial charge >= 0.3 is 0 Å². The van der Waals surface area contributed by atoms with E-state index >= 15 is 0 Å². The summed E-state index contributed by atoms with van der Waals surface area (Å²) in [5.74, 6) is 0.0226. The van der Waals surface area contributed by atoms with Crippen molar-refractivity contribution in [1.29, 1.82) is 5.26 Å². The minimum Gasteiger partial charge on any atom is -0.424 e. The van der Waals surface area contributed by atoms with E-state index in [1.165, 1.54) is 0 Å². The van der Waals surface area contributed by atoms with Gasteiger partial charge in [0, 0.05) is 5.92 Å². The molecule has 0 saturated heterocycles. The summed E-state index contributed by atoms with van der Waals surface area (Å²) in [5.41, 5.74) is -0.835. The third-order valence-corrected chi connectivity index (χ3v) is 13.3. The molecule has 0 bridgehead atoms. The van der Waals surface area contributed by atoms with Crippen molar-refractivity contribution in [3.63, 3.8) is 0 Å². The standard InChI is InChI=1S/C32H43NO2Si/c1-7-8-21-32(6,24-33)23-28-29(34)20-19-25(31(28,4)5)22-30(2,3)36(35,26-15-11-9-12-16-26)27-17-13-10-14-18-27/h9-20,25,28,35H,7-8,21-23H2,1-6H3/t25-,28+,32-/m0/s1. The lowest BCUT2D eigenvalue weighted by Gasteiger charge is -2.49. The minimum atomic E-state index is -3.16. The minimum absolute atomic E-state index is 0.107. The molecule has 3 rings (SSSR count). The van der Waals surface area contributed by atoms with Gasteiger partial charge in [0.25, 0.3) is 8.32 Å². The fourth-order valence-electron chi connectivity index (χ4n) is 6.12. The SMILES string of the molecule is CCCC[C@](C)(C#N)C[C@@H]1C(=O)C=C[C@@H](CC(C)(C)[Si](O)(c2ccccc2)c2ccccc2)C1(C)C. The van der Waals surface area contributed by atoms with E-state index in [4.69, 9.17) is 0 Å². The Hall–Kier alpha value is -2.48. The molecule has 4 heteroatoms. The molecule has 192 valence electrons. The lowest BCUT2D eigenvalue weighted by atomic mass is 9.58. The molecule has 3 atom stereocenters. The van der Waals surface area contributed by atoms with E-state index in [9.17, 15) is 14.9 Å². The number of carbonyl (C=O) groups is 1. The molecule has 0 saturated carbocycles. The third kappa shape index (κ3) is 5.43. The largest absolute Gasteiger partial charge is 0.424 e. The molecule has 1 aliphatic rings. The predicted molar refractivity (Wildman–Crippen MR) is 152 cm³/mol. The van der Waals surface area contributed by atoms with E-state index in [0.717, 1.165) is 36.1 Å². The van der Waals surface area contributed by atoms with Crippen molar-refractivity contribution >= 4 is 24.5 Å². The Balaban J connectivity index is 1.99. The van der Waals surface area contributed by atoms with Crippen molar-refractivity contribution in [3.8, 4) is 6.07 Å². The number of nitriles is 1. The highest BCUT2D eigenvalue weighted by atomic mass is 28.4. The van der Waals surface area contributed by atoms with Crippen molar-refractivity contribution in [3.05, 3.63) is 72.8 Å². The Bertz CT molecular complexity index is 1060. The zero-order valence-electron chi connectivity index (χ0n) is 22.9. The van der Waals surface area contributed by atoms with Crippen LogP contribution in [0, 0.1) is 34.0 Å². The van der Waals surface area contributed by atoms with Crippen molar-refractivity contribution in [2.75, 3.05) is 0 Å². The van der Waals surface area contributed by atoms with Crippen LogP contribution in [0.15, 0.2) is 72.8 Å². The average Bonchev–Trinajstić information content (AvgIpc) is 2.87. The molecule has 1 aliphatic carbocycles. The van der Waals surface area contributed by atoms with Gasteiger partial charge in [0.15, 0.2) is 5.78 Å². The maximum absolute atomic E-state index is 13.2. The van der Waals surface area contributed by atoms with Crippen LogP contribution in [0.2, 0.25) is 5.04 Å². The lowest BCUT2D eigenvalue weighted by Crippen LogP contribution is -2.66. The van der Waals surface area contributed by atoms with Crippen LogP contribution < -0.4 is 10.4 Å². The number of nitrogens with zero attached hydrogens (tertiary/aromatic N) is 1. The maximum Gasteiger partial charge on any atom is 0.258 e. The number of ketones is 1. The zero-order valence-corrected chi connectivity index (χ0v) is 23.9. The molecular weight excluding hydrogens is 458 g/mol. The van der Waals surface area contributed by atoms with Crippen LogP contribution in [0.5, 0.6) is 0 Å². The number of allylic oxidation sites excluding steroid dienone is 2. The number of benzene rings is 2. The smallest absolute Gasteiger partial charge is 0.258 e. The van der Waals surface area contributed by atoms with Gasteiger partial charge in [-0.05, 0) is 59.0 Å². The molecule has 0 fully saturated rings. The van der Waals surface area contributed by atoms with Gasteiger partial charge in [0.1, 0.15) is 0 Å². The summed E-state index contributed by atoms with van der Waals surface area (Å²) in [4.78, 5) is 25.8. The monoisotopic (exact) mass is 501 g/mol. The van der Waals surface area contributed by atoms with Gasteiger partial charge in [-0.25, -0.2) is 0 Å². The number of unbranched alkanes of at least 4 members (excludes halogenated alkanes) is 1. The van der Waals surface area contributed by atoms with E-state index in [1.807, 2.05) is 43.3 Å². The van der Waals surface area contributed by atoms with Gasteiger partial charge in [-0.15, -0.1) is 0 Å². The molecule has 36 heavy (non-hydrogen) atoms. The molecule has 0 heterocycles. The molecule has 2 aromatic carbocycles. The Morgan fingerprint density at radius 1 is 0.972 bits per heavy atom. The maximum atomic E-state index is 13.2. The van der Waals surface area contributed by atoms with Crippen LogP contribution in [-0.4, -0.2) is 18.9 Å². The normalized spacial score (nSPS) is 21.6. The van der Waals surface area contributed by atoms with Crippen LogP contribution in [0.3, 0.4) is 0 Å². The number of carbonyl (C=O) groups excluding carboxylic acids is 1. The molecule has 0 aromatic heterocycles. The molecule has 0 aliphatic heterocycles. The first kappa shape index (κ1) is 28.1. The molecule has 1 N–H and O–H groups in total. The Labute approximate surface area is 219 Å². The summed E-state index contributed by atoms with van der Waals surface area (Å²) in [7, 11) is -3.16. The summed E-state index contributed by atoms with van der Waals surface area (Å²) < 4.78 is 0. The Kier molecular flexibility index (Phi) is 8.48. The summed E-state index contributed by atoms with van der Waals surface area (Å²) in [6.45, 7) is 12.9. The van der Waals surface area contributed by atoms with Crippen molar-refractivity contribution in [2.24, 2.45) is 22.7 Å². The van der Waals surface area contributed by atoms with Gasteiger partial charge in [0.05, 0.1) is 11.5 Å². The van der Waals surface area contributed by atoms with Crippen molar-refractivity contribution < 1.29 is 9.59 Å². The quantitative estimate of drug-likeness (QED) is 0.382. The predicted octanol–water partition coefficient (Wildman–Crippen LogP) is 6.42. The summed E-state index contributed by atoms with van der Waals surface area (Å²) in [6.07, 6.45) is 8.00. The fraction of sp³-hybridized carbons (Fsp3) is 0.500. The topological polar surface area (TPSA) is 61.1 Å². The number of hydrogen-bond donors (Lipinski definition) is 1. The van der Waals surface area contributed by atoms with E-state index in [1.54, 1.807) is 6.08 Å². The highest BCUT2D eigenvalue weighted by Gasteiger charge is 2.54. The fourth-order valence-corrected chi connectivity index (χ4v) is 9.88. The molecule has 0 radical (unpaired) electrons. The second-order valence-electron chi connectivity index (χ2n) is 12.3.